The fourth-order valence-electron chi connectivity index (χ4n) is 2.03. The van der Waals surface area contributed by atoms with E-state index in [0.29, 0.717) is 0 Å². The number of nitro benzene ring substituents is 1. The van der Waals surface area contributed by atoms with Crippen molar-refractivity contribution in [2.24, 2.45) is 0 Å². The minimum atomic E-state index is -0.805. The third-order valence-electron chi connectivity index (χ3n) is 3.13. The van der Waals surface area contributed by atoms with Gasteiger partial charge in [0.1, 0.15) is 5.75 Å². The van der Waals surface area contributed by atoms with E-state index in [9.17, 15) is 14.5 Å². The molecule has 110 valence electrons. The molecular weight excluding hydrogens is 275 g/mol. The van der Waals surface area contributed by atoms with Gasteiger partial charge in [-0.2, -0.15) is 4.39 Å². The predicted octanol–water partition coefficient (Wildman–Crippen LogP) is 3.66. The van der Waals surface area contributed by atoms with Crippen LogP contribution in [-0.4, -0.2) is 12.0 Å². The third kappa shape index (κ3) is 3.28. The number of rotatable bonds is 5. The van der Waals surface area contributed by atoms with E-state index in [2.05, 4.69) is 5.32 Å². The predicted molar refractivity (Wildman–Crippen MR) is 78.1 cm³/mol. The van der Waals surface area contributed by atoms with Crippen LogP contribution in [-0.2, 0) is 6.54 Å². The van der Waals surface area contributed by atoms with Gasteiger partial charge in [0.15, 0.2) is 0 Å². The summed E-state index contributed by atoms with van der Waals surface area (Å²) in [5, 5.41) is 13.7. The highest BCUT2D eigenvalue weighted by molar-refractivity contribution is 5.51. The van der Waals surface area contributed by atoms with Crippen molar-refractivity contribution in [3.8, 4) is 5.75 Å². The zero-order chi connectivity index (χ0) is 15.4. The van der Waals surface area contributed by atoms with Crippen molar-refractivity contribution in [2.45, 2.75) is 13.5 Å². The zero-order valence-corrected chi connectivity index (χ0v) is 11.7. The topological polar surface area (TPSA) is 64.4 Å². The van der Waals surface area contributed by atoms with Gasteiger partial charge in [0.2, 0.25) is 5.82 Å². The molecule has 0 unspecified atom stereocenters. The molecule has 6 heteroatoms. The molecule has 2 aromatic carbocycles. The molecule has 0 aliphatic carbocycles. The van der Waals surface area contributed by atoms with E-state index in [-0.39, 0.29) is 12.1 Å². The molecule has 0 radical (unpaired) electrons. The van der Waals surface area contributed by atoms with E-state index in [1.807, 2.05) is 19.1 Å². The van der Waals surface area contributed by atoms with Gasteiger partial charge in [0.05, 0.1) is 12.0 Å². The largest absolute Gasteiger partial charge is 0.496 e. The van der Waals surface area contributed by atoms with Crippen LogP contribution in [0, 0.1) is 22.9 Å². The van der Waals surface area contributed by atoms with Crippen LogP contribution >= 0.6 is 0 Å². The standard InChI is InChI=1S/C15H15FN2O3/c1-10-8-12(6-7-14(10)21-2)17-9-11-4-3-5-13(15(11)16)18(19)20/h3-8,17H,9H2,1-2H3. The van der Waals surface area contributed by atoms with Crippen LogP contribution in [0.5, 0.6) is 5.75 Å². The quantitative estimate of drug-likeness (QED) is 0.674. The van der Waals surface area contributed by atoms with Gasteiger partial charge in [-0.15, -0.1) is 0 Å². The molecule has 0 spiro atoms. The molecule has 0 saturated carbocycles. The second kappa shape index (κ2) is 6.21. The van der Waals surface area contributed by atoms with Gasteiger partial charge in [-0.25, -0.2) is 0 Å². The summed E-state index contributed by atoms with van der Waals surface area (Å²) in [5.74, 6) is -0.0395. The SMILES string of the molecule is COc1ccc(NCc2cccc([N+](=O)[O-])c2F)cc1C. The summed E-state index contributed by atoms with van der Waals surface area (Å²) < 4.78 is 19.1. The lowest BCUT2D eigenvalue weighted by molar-refractivity contribution is -0.387. The number of benzene rings is 2. The van der Waals surface area contributed by atoms with Crippen molar-refractivity contribution in [1.82, 2.24) is 0 Å². The van der Waals surface area contributed by atoms with E-state index in [1.165, 1.54) is 12.1 Å². The first-order chi connectivity index (χ1) is 10.0. The van der Waals surface area contributed by atoms with E-state index < -0.39 is 16.4 Å². The number of nitro groups is 1. The lowest BCUT2D eigenvalue weighted by atomic mass is 10.1. The highest BCUT2D eigenvalue weighted by Crippen LogP contribution is 2.24. The molecule has 0 aliphatic heterocycles. The fraction of sp³-hybridized carbons (Fsp3) is 0.200. The number of hydrogen-bond donors (Lipinski definition) is 1. The number of ether oxygens (including phenoxy) is 1. The van der Waals surface area contributed by atoms with Crippen molar-refractivity contribution >= 4 is 11.4 Å². The highest BCUT2D eigenvalue weighted by atomic mass is 19.1. The number of methoxy groups -OCH3 is 1. The summed E-state index contributed by atoms with van der Waals surface area (Å²) in [7, 11) is 1.59. The molecule has 0 aliphatic rings. The molecule has 0 atom stereocenters. The molecular formula is C15H15FN2O3. The maximum Gasteiger partial charge on any atom is 0.305 e. The smallest absolute Gasteiger partial charge is 0.305 e. The summed E-state index contributed by atoms with van der Waals surface area (Å²) in [6.07, 6.45) is 0. The first-order valence-electron chi connectivity index (χ1n) is 6.33. The minimum Gasteiger partial charge on any atom is -0.496 e. The van der Waals surface area contributed by atoms with E-state index >= 15 is 0 Å². The molecule has 0 fully saturated rings. The van der Waals surface area contributed by atoms with Crippen LogP contribution in [0.3, 0.4) is 0 Å². The second-order valence-corrected chi connectivity index (χ2v) is 4.55. The first kappa shape index (κ1) is 14.8. The van der Waals surface area contributed by atoms with Crippen molar-refractivity contribution in [3.05, 3.63) is 63.5 Å². The van der Waals surface area contributed by atoms with Crippen LogP contribution in [0.2, 0.25) is 0 Å². The molecule has 0 heterocycles. The van der Waals surface area contributed by atoms with Crippen molar-refractivity contribution in [1.29, 1.82) is 0 Å². The maximum absolute atomic E-state index is 13.9. The highest BCUT2D eigenvalue weighted by Gasteiger charge is 2.16. The number of anilines is 1. The summed E-state index contributed by atoms with van der Waals surface area (Å²) in [5.41, 5.74) is 1.47. The van der Waals surface area contributed by atoms with Crippen LogP contribution < -0.4 is 10.1 Å². The Labute approximate surface area is 121 Å². The van der Waals surface area contributed by atoms with Crippen LogP contribution in [0.25, 0.3) is 0 Å². The molecule has 1 N–H and O–H groups in total. The summed E-state index contributed by atoms with van der Waals surface area (Å²) in [6, 6.07) is 9.62. The van der Waals surface area contributed by atoms with Crippen LogP contribution in [0.1, 0.15) is 11.1 Å². The molecule has 2 rings (SSSR count). The van der Waals surface area contributed by atoms with Gasteiger partial charge in [-0.3, -0.25) is 10.1 Å². The number of nitrogens with one attached hydrogen (secondary N) is 1. The van der Waals surface area contributed by atoms with Gasteiger partial charge in [0.25, 0.3) is 0 Å². The first-order valence-corrected chi connectivity index (χ1v) is 6.33. The Morgan fingerprint density at radius 1 is 1.33 bits per heavy atom. The Morgan fingerprint density at radius 3 is 2.71 bits per heavy atom. The van der Waals surface area contributed by atoms with E-state index in [1.54, 1.807) is 13.2 Å². The Morgan fingerprint density at radius 2 is 2.10 bits per heavy atom. The number of aryl methyl sites for hydroxylation is 1. The van der Waals surface area contributed by atoms with Crippen LogP contribution in [0.15, 0.2) is 36.4 Å². The maximum atomic E-state index is 13.9. The molecule has 5 nitrogen and oxygen atoms in total. The zero-order valence-electron chi connectivity index (χ0n) is 11.7. The van der Waals surface area contributed by atoms with E-state index in [0.717, 1.165) is 23.1 Å². The molecule has 0 amide bonds. The molecule has 0 aromatic heterocycles. The molecule has 21 heavy (non-hydrogen) atoms. The minimum absolute atomic E-state index is 0.166. The molecule has 0 bridgehead atoms. The average Bonchev–Trinajstić information content (AvgIpc) is 2.46. The monoisotopic (exact) mass is 290 g/mol. The summed E-state index contributed by atoms with van der Waals surface area (Å²) >= 11 is 0. The lowest BCUT2D eigenvalue weighted by Gasteiger charge is -2.10. The normalized spacial score (nSPS) is 10.2. The van der Waals surface area contributed by atoms with Crippen molar-refractivity contribution in [2.75, 3.05) is 12.4 Å². The molecule has 2 aromatic rings. The Bertz CT molecular complexity index is 674. The number of halogens is 1. The summed E-state index contributed by atoms with van der Waals surface area (Å²) in [4.78, 5) is 9.97. The number of nitrogens with zero attached hydrogens (tertiary/aromatic N) is 1. The Hall–Kier alpha value is -2.63. The third-order valence-corrected chi connectivity index (χ3v) is 3.13. The van der Waals surface area contributed by atoms with Gasteiger partial charge in [-0.1, -0.05) is 12.1 Å². The number of hydrogen-bond acceptors (Lipinski definition) is 4. The van der Waals surface area contributed by atoms with Crippen molar-refractivity contribution in [3.63, 3.8) is 0 Å². The van der Waals surface area contributed by atoms with Gasteiger partial charge in [0, 0.05) is 23.9 Å². The van der Waals surface area contributed by atoms with Gasteiger partial charge >= 0.3 is 5.69 Å². The average molecular weight is 290 g/mol. The van der Waals surface area contributed by atoms with E-state index in [4.69, 9.17) is 4.74 Å². The van der Waals surface area contributed by atoms with Crippen molar-refractivity contribution < 1.29 is 14.1 Å². The Balaban J connectivity index is 2.15. The van der Waals surface area contributed by atoms with Crippen LogP contribution in [0.4, 0.5) is 15.8 Å². The Kier molecular flexibility index (Phi) is 4.37. The lowest BCUT2D eigenvalue weighted by Crippen LogP contribution is -2.04. The summed E-state index contributed by atoms with van der Waals surface area (Å²) in [6.45, 7) is 2.07. The molecule has 0 saturated heterocycles. The fourth-order valence-corrected chi connectivity index (χ4v) is 2.03. The van der Waals surface area contributed by atoms with Gasteiger partial charge < -0.3 is 10.1 Å². The second-order valence-electron chi connectivity index (χ2n) is 4.55. The van der Waals surface area contributed by atoms with Gasteiger partial charge in [-0.05, 0) is 30.7 Å².